The molecule has 0 aliphatic carbocycles. The van der Waals surface area contributed by atoms with Crippen molar-refractivity contribution in [3.8, 4) is 16.8 Å². The summed E-state index contributed by atoms with van der Waals surface area (Å²) < 4.78 is 8.90. The highest BCUT2D eigenvalue weighted by atomic mass is 32.3. The summed E-state index contributed by atoms with van der Waals surface area (Å²) in [7, 11) is -1.83. The minimum atomic E-state index is -1.83. The Morgan fingerprint density at radius 2 is 0.922 bits per heavy atom. The van der Waals surface area contributed by atoms with Crippen molar-refractivity contribution in [1.82, 2.24) is 4.57 Å². The van der Waals surface area contributed by atoms with Crippen LogP contribution in [0.5, 0.6) is 0 Å². The lowest BCUT2D eigenvalue weighted by atomic mass is 10.0. The molecule has 242 valence electrons. The molecule has 10 aromatic rings. The summed E-state index contributed by atoms with van der Waals surface area (Å²) in [6.07, 6.45) is 0. The molecule has 0 atom stereocenters. The largest absolute Gasteiger partial charge is 0.455 e. The van der Waals surface area contributed by atoms with Crippen LogP contribution in [0.15, 0.2) is 224 Å². The average molecular weight is 672 g/mol. The highest BCUT2D eigenvalue weighted by Gasteiger charge is 2.33. The van der Waals surface area contributed by atoms with Gasteiger partial charge in [0.15, 0.2) is 0 Å². The van der Waals surface area contributed by atoms with Crippen molar-refractivity contribution in [2.75, 3.05) is 0 Å². The third kappa shape index (κ3) is 4.59. The van der Waals surface area contributed by atoms with Gasteiger partial charge in [0.05, 0.1) is 11.0 Å². The molecule has 0 radical (unpaired) electrons. The lowest BCUT2D eigenvalue weighted by Gasteiger charge is -2.42. The Kier molecular flexibility index (Phi) is 6.93. The van der Waals surface area contributed by atoms with E-state index in [0.717, 1.165) is 38.8 Å². The second-order valence-corrected chi connectivity index (χ2v) is 16.0. The summed E-state index contributed by atoms with van der Waals surface area (Å²) in [6.45, 7) is 0. The molecule has 10 rings (SSSR count). The maximum absolute atomic E-state index is 6.46. The summed E-state index contributed by atoms with van der Waals surface area (Å²) >= 11 is 0. The molecule has 0 amide bonds. The first-order valence-electron chi connectivity index (χ1n) is 17.3. The molecule has 51 heavy (non-hydrogen) atoms. The van der Waals surface area contributed by atoms with Crippen LogP contribution in [-0.4, -0.2) is 4.57 Å². The van der Waals surface area contributed by atoms with E-state index in [1.165, 1.54) is 41.4 Å². The first-order valence-corrected chi connectivity index (χ1v) is 19.0. The van der Waals surface area contributed by atoms with Gasteiger partial charge in [-0.15, -0.1) is 10.0 Å². The highest BCUT2D eigenvalue weighted by Crippen LogP contribution is 2.73. The topological polar surface area (TPSA) is 18.1 Å². The van der Waals surface area contributed by atoms with Crippen LogP contribution < -0.4 is 0 Å². The van der Waals surface area contributed by atoms with Gasteiger partial charge in [0.25, 0.3) is 0 Å². The van der Waals surface area contributed by atoms with Crippen LogP contribution in [0, 0.1) is 0 Å². The predicted molar refractivity (Wildman–Crippen MR) is 213 cm³/mol. The maximum Gasteiger partial charge on any atom is 0.143 e. The van der Waals surface area contributed by atoms with E-state index in [9.17, 15) is 0 Å². The molecule has 8 aromatic carbocycles. The van der Waals surface area contributed by atoms with Crippen LogP contribution in [0.2, 0.25) is 0 Å². The maximum atomic E-state index is 6.46. The van der Waals surface area contributed by atoms with Gasteiger partial charge in [0.1, 0.15) is 11.2 Å². The van der Waals surface area contributed by atoms with E-state index >= 15 is 0 Å². The van der Waals surface area contributed by atoms with Gasteiger partial charge in [-0.2, -0.15) is 0 Å². The molecular weight excluding hydrogens is 639 g/mol. The Balaban J connectivity index is 1.21. The van der Waals surface area contributed by atoms with Gasteiger partial charge in [0, 0.05) is 52.4 Å². The van der Waals surface area contributed by atoms with Gasteiger partial charge >= 0.3 is 0 Å². The number of nitrogens with zero attached hydrogens (tertiary/aromatic N) is 1. The normalized spacial score (nSPS) is 12.2. The number of benzene rings is 8. The fourth-order valence-electron chi connectivity index (χ4n) is 7.90. The summed E-state index contributed by atoms with van der Waals surface area (Å²) in [5, 5.41) is 4.73. The molecule has 0 N–H and O–H groups in total. The standard InChI is InChI=1S/C48H33NOS/c1-4-17-36(18-5-1)51(37-19-6-2-7-20-37,38-21-8-3-9-22-38)39-23-14-16-35(33-39)49-45-28-12-10-24-41(45)44-32-34(30-31-46(44)49)40-26-15-27-43-42-25-11-13-29-47(42)50-48(40)43/h1-33H. The number of hydrogen-bond acceptors (Lipinski definition) is 1. The van der Waals surface area contributed by atoms with Crippen LogP contribution >= 0.6 is 10.0 Å². The molecule has 0 unspecified atom stereocenters. The zero-order chi connectivity index (χ0) is 33.8. The SMILES string of the molecule is c1ccc(S(c2ccccc2)(c2ccccc2)c2cccc(-n3c4ccccc4c4cc(-c5cccc6c5oc5ccccc56)ccc43)c2)cc1. The summed E-state index contributed by atoms with van der Waals surface area (Å²) in [5.41, 5.74) is 7.59. The molecule has 0 spiro atoms. The molecule has 0 aliphatic rings. The Morgan fingerprint density at radius 1 is 0.373 bits per heavy atom. The van der Waals surface area contributed by atoms with Crippen molar-refractivity contribution in [2.45, 2.75) is 19.6 Å². The van der Waals surface area contributed by atoms with Crippen molar-refractivity contribution in [3.63, 3.8) is 0 Å². The van der Waals surface area contributed by atoms with Gasteiger partial charge < -0.3 is 8.98 Å². The lowest BCUT2D eigenvalue weighted by Crippen LogP contribution is -2.06. The fraction of sp³-hybridized carbons (Fsp3) is 0. The summed E-state index contributed by atoms with van der Waals surface area (Å²) in [6, 6.07) is 72.8. The zero-order valence-electron chi connectivity index (χ0n) is 27.8. The van der Waals surface area contributed by atoms with Crippen molar-refractivity contribution in [3.05, 3.63) is 200 Å². The van der Waals surface area contributed by atoms with Crippen LogP contribution in [0.3, 0.4) is 0 Å². The number of fused-ring (bicyclic) bond motifs is 6. The Hall–Kier alpha value is -6.29. The van der Waals surface area contributed by atoms with Crippen LogP contribution in [-0.2, 0) is 0 Å². The number of furan rings is 1. The van der Waals surface area contributed by atoms with E-state index in [2.05, 4.69) is 193 Å². The molecule has 0 bridgehead atoms. The van der Waals surface area contributed by atoms with Crippen LogP contribution in [0.25, 0.3) is 60.6 Å². The predicted octanol–water partition coefficient (Wildman–Crippen LogP) is 13.7. The van der Waals surface area contributed by atoms with E-state index in [-0.39, 0.29) is 0 Å². The van der Waals surface area contributed by atoms with E-state index in [1.54, 1.807) is 0 Å². The second-order valence-electron chi connectivity index (χ2n) is 12.9. The average Bonchev–Trinajstić information content (AvgIpc) is 3.75. The third-order valence-corrected chi connectivity index (χ3v) is 14.0. The third-order valence-electron chi connectivity index (χ3n) is 10.1. The lowest BCUT2D eigenvalue weighted by molar-refractivity contribution is 0.670. The molecule has 2 nitrogen and oxygen atoms in total. The van der Waals surface area contributed by atoms with Crippen LogP contribution in [0.1, 0.15) is 0 Å². The Labute approximate surface area is 298 Å². The molecule has 0 saturated heterocycles. The zero-order valence-corrected chi connectivity index (χ0v) is 28.6. The molecule has 2 heterocycles. The van der Waals surface area contributed by atoms with Crippen molar-refractivity contribution < 1.29 is 4.42 Å². The second kappa shape index (κ2) is 11.9. The number of aromatic nitrogens is 1. The van der Waals surface area contributed by atoms with E-state index < -0.39 is 10.0 Å². The quantitative estimate of drug-likeness (QED) is 0.172. The minimum absolute atomic E-state index is 0.914. The van der Waals surface area contributed by atoms with Gasteiger partial charge in [-0.05, 0) is 84.4 Å². The molecule has 0 saturated carbocycles. The Bertz CT molecular complexity index is 2760. The summed E-state index contributed by atoms with van der Waals surface area (Å²) in [4.78, 5) is 5.23. The summed E-state index contributed by atoms with van der Waals surface area (Å²) in [5.74, 6) is 0. The fourth-order valence-corrected chi connectivity index (χ4v) is 11.8. The van der Waals surface area contributed by atoms with E-state index in [1.807, 2.05) is 12.1 Å². The first kappa shape index (κ1) is 29.6. The van der Waals surface area contributed by atoms with E-state index in [0.29, 0.717) is 0 Å². The van der Waals surface area contributed by atoms with Crippen LogP contribution in [0.4, 0.5) is 0 Å². The van der Waals surface area contributed by atoms with Gasteiger partial charge in [-0.3, -0.25) is 0 Å². The number of rotatable bonds is 6. The van der Waals surface area contributed by atoms with Gasteiger partial charge in [-0.25, -0.2) is 0 Å². The van der Waals surface area contributed by atoms with Crippen molar-refractivity contribution in [2.24, 2.45) is 0 Å². The minimum Gasteiger partial charge on any atom is -0.455 e. The van der Waals surface area contributed by atoms with Gasteiger partial charge in [0.2, 0.25) is 0 Å². The number of hydrogen-bond donors (Lipinski definition) is 0. The highest BCUT2D eigenvalue weighted by molar-refractivity contribution is 8.34. The molecule has 0 aliphatic heterocycles. The monoisotopic (exact) mass is 671 g/mol. The Morgan fingerprint density at radius 3 is 1.63 bits per heavy atom. The van der Waals surface area contributed by atoms with Crippen molar-refractivity contribution >= 4 is 53.8 Å². The molecule has 3 heteroatoms. The van der Waals surface area contributed by atoms with Gasteiger partial charge in [-0.1, -0.05) is 121 Å². The molecule has 2 aromatic heterocycles. The molecular formula is C48H33NOS. The first-order chi connectivity index (χ1) is 25.3. The number of para-hydroxylation sites is 3. The van der Waals surface area contributed by atoms with E-state index in [4.69, 9.17) is 4.42 Å². The smallest absolute Gasteiger partial charge is 0.143 e. The van der Waals surface area contributed by atoms with Crippen molar-refractivity contribution in [1.29, 1.82) is 0 Å². The molecule has 0 fully saturated rings.